The molecular weight excluding hydrogens is 450 g/mol. The monoisotopic (exact) mass is 486 g/mol. The normalized spacial score (nSPS) is 22.1. The fourth-order valence-electron chi connectivity index (χ4n) is 6.16. The van der Waals surface area contributed by atoms with E-state index in [4.69, 9.17) is 0 Å². The number of aliphatic hydroxyl groups is 1. The predicted molar refractivity (Wildman–Crippen MR) is 130 cm³/mol. The summed E-state index contributed by atoms with van der Waals surface area (Å²) in [4.78, 5) is 13.0. The Bertz CT molecular complexity index is 1080. The van der Waals surface area contributed by atoms with Crippen LogP contribution in [-0.2, 0) is 4.79 Å². The molecule has 0 unspecified atom stereocenters. The minimum Gasteiger partial charge on any atom is -0.396 e. The van der Waals surface area contributed by atoms with E-state index >= 15 is 0 Å². The predicted octanol–water partition coefficient (Wildman–Crippen LogP) is 5.80. The number of halogens is 2. The van der Waals surface area contributed by atoms with Crippen LogP contribution in [-0.4, -0.2) is 38.3 Å². The number of amides is 1. The Morgan fingerprint density at radius 1 is 1.17 bits per heavy atom. The van der Waals surface area contributed by atoms with Gasteiger partial charge >= 0.3 is 0 Å². The van der Waals surface area contributed by atoms with Gasteiger partial charge in [-0.1, -0.05) is 17.7 Å². The van der Waals surface area contributed by atoms with Crippen molar-refractivity contribution in [1.29, 1.82) is 0 Å². The van der Waals surface area contributed by atoms with Gasteiger partial charge < -0.3 is 15.0 Å². The fraction of sp³-hybridized carbons (Fsp3) is 0.667. The molecule has 0 aliphatic heterocycles. The lowest BCUT2D eigenvalue weighted by Gasteiger charge is -2.51. The summed E-state index contributed by atoms with van der Waals surface area (Å²) in [5.41, 5.74) is 2.98. The minimum absolute atomic E-state index is 0.00553. The number of hydrogen-bond donors (Lipinski definition) is 2. The Morgan fingerprint density at radius 2 is 1.89 bits per heavy atom. The Labute approximate surface area is 205 Å². The molecule has 2 N–H and O–H groups in total. The first-order valence-electron chi connectivity index (χ1n) is 13.0. The van der Waals surface area contributed by atoms with Gasteiger partial charge in [-0.3, -0.25) is 4.79 Å². The van der Waals surface area contributed by atoms with Crippen molar-refractivity contribution in [3.8, 4) is 0 Å². The zero-order valence-corrected chi connectivity index (χ0v) is 20.7. The smallest absolute Gasteiger partial charge is 0.248 e. The number of hydrogen-bond acceptors (Lipinski definition) is 4. The van der Waals surface area contributed by atoms with Crippen LogP contribution >= 0.6 is 0 Å². The van der Waals surface area contributed by atoms with Crippen molar-refractivity contribution in [1.82, 2.24) is 14.8 Å². The third-order valence-electron chi connectivity index (χ3n) is 8.36. The second-order valence-corrected chi connectivity index (χ2v) is 11.3. The number of benzene rings is 1. The Morgan fingerprint density at radius 3 is 2.51 bits per heavy atom. The Balaban J connectivity index is 1.30. The summed E-state index contributed by atoms with van der Waals surface area (Å²) in [6.07, 6.45) is 5.74. The first-order chi connectivity index (χ1) is 16.7. The SMILES string of the molecule is Cc1ccc(NC(=O)C[C@H](CCO)c2nnc(C3CC4(CCC(F)(F)CC4)C3)n2C2CC2)c(C)c1. The van der Waals surface area contributed by atoms with Gasteiger partial charge in [-0.15, -0.1) is 10.2 Å². The molecule has 1 heterocycles. The topological polar surface area (TPSA) is 80.0 Å². The lowest BCUT2D eigenvalue weighted by atomic mass is 9.55. The summed E-state index contributed by atoms with van der Waals surface area (Å²) in [6.45, 7) is 3.96. The molecule has 0 radical (unpaired) electrons. The largest absolute Gasteiger partial charge is 0.396 e. The Hall–Kier alpha value is -2.35. The van der Waals surface area contributed by atoms with E-state index in [0.29, 0.717) is 25.3 Å². The van der Waals surface area contributed by atoms with E-state index in [2.05, 4.69) is 20.1 Å². The molecule has 1 amide bonds. The summed E-state index contributed by atoms with van der Waals surface area (Å²) >= 11 is 0. The van der Waals surface area contributed by atoms with Crippen molar-refractivity contribution in [3.63, 3.8) is 0 Å². The number of aliphatic hydroxyl groups excluding tert-OH is 1. The Kier molecular flexibility index (Phi) is 6.45. The number of alkyl halides is 2. The van der Waals surface area contributed by atoms with Crippen molar-refractivity contribution in [2.75, 3.05) is 11.9 Å². The molecule has 35 heavy (non-hydrogen) atoms. The number of nitrogens with zero attached hydrogens (tertiary/aromatic N) is 3. The lowest BCUT2D eigenvalue weighted by Crippen LogP contribution is -2.42. The first-order valence-corrected chi connectivity index (χ1v) is 13.0. The molecule has 8 heteroatoms. The van der Waals surface area contributed by atoms with Gasteiger partial charge in [0, 0.05) is 49.4 Å². The van der Waals surface area contributed by atoms with Crippen LogP contribution < -0.4 is 5.32 Å². The van der Waals surface area contributed by atoms with Crippen LogP contribution in [0.1, 0.15) is 105 Å². The second-order valence-electron chi connectivity index (χ2n) is 11.3. The first kappa shape index (κ1) is 24.3. The van der Waals surface area contributed by atoms with Gasteiger partial charge in [-0.25, -0.2) is 8.78 Å². The van der Waals surface area contributed by atoms with Gasteiger partial charge in [0.05, 0.1) is 0 Å². The van der Waals surface area contributed by atoms with E-state index in [1.807, 2.05) is 32.0 Å². The van der Waals surface area contributed by atoms with Gasteiger partial charge in [0.25, 0.3) is 0 Å². The number of nitrogens with one attached hydrogen (secondary N) is 1. The maximum absolute atomic E-state index is 13.7. The molecule has 1 atom stereocenters. The van der Waals surface area contributed by atoms with Crippen LogP contribution in [0.4, 0.5) is 14.5 Å². The molecule has 0 saturated heterocycles. The molecule has 3 aliphatic rings. The number of aryl methyl sites for hydroxylation is 2. The summed E-state index contributed by atoms with van der Waals surface area (Å²) in [7, 11) is 0. The van der Waals surface area contributed by atoms with Crippen LogP contribution in [0, 0.1) is 19.3 Å². The maximum Gasteiger partial charge on any atom is 0.248 e. The molecule has 2 aromatic rings. The standard InChI is InChI=1S/C27H36F2N4O2/c1-17-3-6-22(18(2)13-17)30-23(35)14-19(7-12-34)24-31-32-25(33(24)21-4-5-21)20-15-26(16-20)8-10-27(28,29)11-9-26/h3,6,13,19-21,34H,4-5,7-12,14-16H2,1-2H3,(H,30,35)/t19-/m0/s1. The molecular formula is C27H36F2N4O2. The average molecular weight is 487 g/mol. The molecule has 1 spiro atoms. The highest BCUT2D eigenvalue weighted by Gasteiger charge is 2.52. The minimum atomic E-state index is -2.51. The van der Waals surface area contributed by atoms with Crippen LogP contribution in [0.3, 0.4) is 0 Å². The van der Waals surface area contributed by atoms with E-state index in [1.165, 1.54) is 0 Å². The van der Waals surface area contributed by atoms with E-state index in [-0.39, 0.29) is 49.0 Å². The van der Waals surface area contributed by atoms with E-state index in [0.717, 1.165) is 54.1 Å². The highest BCUT2D eigenvalue weighted by atomic mass is 19.3. The van der Waals surface area contributed by atoms with Crippen molar-refractivity contribution in [2.24, 2.45) is 5.41 Å². The van der Waals surface area contributed by atoms with Crippen molar-refractivity contribution < 1.29 is 18.7 Å². The van der Waals surface area contributed by atoms with Crippen molar-refractivity contribution >= 4 is 11.6 Å². The van der Waals surface area contributed by atoms with Crippen LogP contribution in [0.15, 0.2) is 18.2 Å². The van der Waals surface area contributed by atoms with Gasteiger partial charge in [0.15, 0.2) is 0 Å². The zero-order valence-electron chi connectivity index (χ0n) is 20.7. The third kappa shape index (κ3) is 5.13. The molecule has 3 fully saturated rings. The number of carbonyl (C=O) groups is 1. The van der Waals surface area contributed by atoms with Crippen molar-refractivity contribution in [3.05, 3.63) is 41.0 Å². The van der Waals surface area contributed by atoms with Crippen LogP contribution in [0.5, 0.6) is 0 Å². The molecule has 1 aromatic heterocycles. The number of carbonyl (C=O) groups excluding carboxylic acids is 1. The fourth-order valence-corrected chi connectivity index (χ4v) is 6.16. The van der Waals surface area contributed by atoms with E-state index < -0.39 is 5.92 Å². The number of rotatable bonds is 8. The highest BCUT2D eigenvalue weighted by Crippen LogP contribution is 2.60. The molecule has 5 rings (SSSR count). The molecule has 3 saturated carbocycles. The van der Waals surface area contributed by atoms with Gasteiger partial charge in [-0.05, 0) is 75.8 Å². The summed E-state index contributed by atoms with van der Waals surface area (Å²) in [5, 5.41) is 21.9. The van der Waals surface area contributed by atoms with E-state index in [9.17, 15) is 18.7 Å². The quantitative estimate of drug-likeness (QED) is 0.494. The summed E-state index contributed by atoms with van der Waals surface area (Å²) in [5.74, 6) is -0.871. The maximum atomic E-state index is 13.7. The van der Waals surface area contributed by atoms with Gasteiger partial charge in [0.2, 0.25) is 11.8 Å². The van der Waals surface area contributed by atoms with Crippen LogP contribution in [0.2, 0.25) is 0 Å². The number of anilines is 1. The van der Waals surface area contributed by atoms with Crippen molar-refractivity contribution in [2.45, 2.75) is 102 Å². The van der Waals surface area contributed by atoms with E-state index in [1.54, 1.807) is 0 Å². The summed E-state index contributed by atoms with van der Waals surface area (Å²) in [6, 6.07) is 6.27. The molecule has 3 aliphatic carbocycles. The zero-order chi connectivity index (χ0) is 24.8. The number of aromatic nitrogens is 3. The molecule has 190 valence electrons. The molecule has 1 aromatic carbocycles. The molecule has 0 bridgehead atoms. The third-order valence-corrected chi connectivity index (χ3v) is 8.36. The molecule has 6 nitrogen and oxygen atoms in total. The highest BCUT2D eigenvalue weighted by molar-refractivity contribution is 5.92. The van der Waals surface area contributed by atoms with Crippen LogP contribution in [0.25, 0.3) is 0 Å². The van der Waals surface area contributed by atoms with Gasteiger partial charge in [0.1, 0.15) is 11.6 Å². The average Bonchev–Trinajstić information content (AvgIpc) is 3.52. The summed E-state index contributed by atoms with van der Waals surface area (Å²) < 4.78 is 29.6. The lowest BCUT2D eigenvalue weighted by molar-refractivity contribution is -0.116. The van der Waals surface area contributed by atoms with Gasteiger partial charge in [-0.2, -0.15) is 0 Å². The second kappa shape index (κ2) is 9.26.